The molecule has 10 heteroatoms. The van der Waals surface area contributed by atoms with Crippen molar-refractivity contribution in [3.05, 3.63) is 82.6 Å². The number of rotatable bonds is 6. The van der Waals surface area contributed by atoms with E-state index in [4.69, 9.17) is 9.47 Å². The molecule has 0 spiro atoms. The molecule has 6 rings (SSSR count). The molecule has 0 fully saturated rings. The standard InChI is InChI=1S/C26H21N5O4S/c1-2-16-7-10-18(11-8-16)30-24(33)19-5-3-4-6-20(19)31-25(30)28-29-26(31)36-14-23(32)27-17-9-12-21-22(13-17)35-15-34-21/h3-13H,2,14-15H2,1H3,(H,27,32). The molecular weight excluding hydrogens is 478 g/mol. The summed E-state index contributed by atoms with van der Waals surface area (Å²) in [6.45, 7) is 2.25. The van der Waals surface area contributed by atoms with Crippen LogP contribution in [0, 0.1) is 0 Å². The zero-order valence-electron chi connectivity index (χ0n) is 19.3. The Hall–Kier alpha value is -4.31. The number of aromatic nitrogens is 4. The van der Waals surface area contributed by atoms with E-state index in [-0.39, 0.29) is 24.0 Å². The minimum Gasteiger partial charge on any atom is -0.454 e. The van der Waals surface area contributed by atoms with Crippen molar-refractivity contribution in [2.24, 2.45) is 0 Å². The molecule has 1 N–H and O–H groups in total. The van der Waals surface area contributed by atoms with Gasteiger partial charge in [-0.2, -0.15) is 0 Å². The third-order valence-corrected chi connectivity index (χ3v) is 6.92. The summed E-state index contributed by atoms with van der Waals surface area (Å²) in [6.07, 6.45) is 0.905. The number of thioether (sulfide) groups is 1. The van der Waals surface area contributed by atoms with Gasteiger partial charge in [0.25, 0.3) is 5.56 Å². The predicted octanol–water partition coefficient (Wildman–Crippen LogP) is 4.06. The first-order chi connectivity index (χ1) is 17.6. The Bertz CT molecular complexity index is 1680. The van der Waals surface area contributed by atoms with Gasteiger partial charge in [-0.1, -0.05) is 43.0 Å². The Balaban J connectivity index is 1.34. The van der Waals surface area contributed by atoms with Crippen molar-refractivity contribution in [3.63, 3.8) is 0 Å². The number of carbonyl (C=O) groups is 1. The maximum absolute atomic E-state index is 13.4. The summed E-state index contributed by atoms with van der Waals surface area (Å²) in [5.41, 5.74) is 3.01. The summed E-state index contributed by atoms with van der Waals surface area (Å²) in [5, 5.41) is 12.6. The molecule has 9 nitrogen and oxygen atoms in total. The van der Waals surface area contributed by atoms with Gasteiger partial charge < -0.3 is 14.8 Å². The smallest absolute Gasteiger partial charge is 0.267 e. The SMILES string of the molecule is CCc1ccc(-n2c(=O)c3ccccc3n3c(SCC(=O)Nc4ccc5c(c4)OCO5)nnc23)cc1. The van der Waals surface area contributed by atoms with Crippen LogP contribution in [-0.2, 0) is 11.2 Å². The average molecular weight is 500 g/mol. The molecule has 0 unspecified atom stereocenters. The maximum Gasteiger partial charge on any atom is 0.267 e. The molecule has 5 aromatic rings. The highest BCUT2D eigenvalue weighted by Crippen LogP contribution is 2.34. The van der Waals surface area contributed by atoms with Crippen molar-refractivity contribution < 1.29 is 14.3 Å². The summed E-state index contributed by atoms with van der Waals surface area (Å²) in [5.74, 6) is 1.54. The van der Waals surface area contributed by atoms with Gasteiger partial charge in [0, 0.05) is 11.8 Å². The van der Waals surface area contributed by atoms with Crippen LogP contribution in [0.2, 0.25) is 0 Å². The van der Waals surface area contributed by atoms with Crippen molar-refractivity contribution in [1.82, 2.24) is 19.2 Å². The largest absolute Gasteiger partial charge is 0.454 e. The monoisotopic (exact) mass is 499 g/mol. The highest BCUT2D eigenvalue weighted by atomic mass is 32.2. The van der Waals surface area contributed by atoms with Crippen molar-refractivity contribution in [2.45, 2.75) is 18.5 Å². The zero-order valence-corrected chi connectivity index (χ0v) is 20.1. The van der Waals surface area contributed by atoms with Gasteiger partial charge in [-0.05, 0) is 48.4 Å². The third-order valence-electron chi connectivity index (χ3n) is 5.99. The van der Waals surface area contributed by atoms with Gasteiger partial charge in [0.1, 0.15) is 0 Å². The quantitative estimate of drug-likeness (QED) is 0.352. The number of amides is 1. The Morgan fingerprint density at radius 2 is 1.83 bits per heavy atom. The summed E-state index contributed by atoms with van der Waals surface area (Å²) in [4.78, 5) is 26.1. The molecule has 3 heterocycles. The van der Waals surface area contributed by atoms with Crippen molar-refractivity contribution >= 4 is 40.0 Å². The number of anilines is 1. The van der Waals surface area contributed by atoms with Crippen LogP contribution in [0.1, 0.15) is 12.5 Å². The molecule has 1 aliphatic heterocycles. The second kappa shape index (κ2) is 9.04. The summed E-state index contributed by atoms with van der Waals surface area (Å²) in [7, 11) is 0. The fraction of sp³-hybridized carbons (Fsp3) is 0.154. The fourth-order valence-electron chi connectivity index (χ4n) is 4.19. The first kappa shape index (κ1) is 22.2. The van der Waals surface area contributed by atoms with Crippen molar-refractivity contribution in [2.75, 3.05) is 17.9 Å². The number of para-hydroxylation sites is 1. The molecule has 0 atom stereocenters. The average Bonchev–Trinajstić information content (AvgIpc) is 3.55. The lowest BCUT2D eigenvalue weighted by Crippen LogP contribution is -2.22. The number of aryl methyl sites for hydroxylation is 1. The van der Waals surface area contributed by atoms with Gasteiger partial charge in [0.05, 0.1) is 22.3 Å². The molecule has 3 aromatic carbocycles. The Labute approximate surface area is 209 Å². The first-order valence-electron chi connectivity index (χ1n) is 11.4. The molecule has 36 heavy (non-hydrogen) atoms. The second-order valence-electron chi connectivity index (χ2n) is 8.20. The Morgan fingerprint density at radius 3 is 2.67 bits per heavy atom. The van der Waals surface area contributed by atoms with Crippen LogP contribution < -0.4 is 20.3 Å². The Morgan fingerprint density at radius 1 is 1.03 bits per heavy atom. The molecule has 0 bridgehead atoms. The number of hydrogen-bond donors (Lipinski definition) is 1. The van der Waals surface area contributed by atoms with Crippen LogP contribution in [0.4, 0.5) is 5.69 Å². The van der Waals surface area contributed by atoms with E-state index in [2.05, 4.69) is 22.4 Å². The van der Waals surface area contributed by atoms with Gasteiger partial charge in [-0.15, -0.1) is 10.2 Å². The van der Waals surface area contributed by atoms with E-state index >= 15 is 0 Å². The molecule has 180 valence electrons. The lowest BCUT2D eigenvalue weighted by Gasteiger charge is -2.12. The minimum absolute atomic E-state index is 0.105. The van der Waals surface area contributed by atoms with Crippen molar-refractivity contribution in [1.29, 1.82) is 0 Å². The summed E-state index contributed by atoms with van der Waals surface area (Å²) < 4.78 is 14.1. The van der Waals surface area contributed by atoms with Gasteiger partial charge in [0.2, 0.25) is 18.5 Å². The molecule has 1 amide bonds. The number of fused-ring (bicyclic) bond motifs is 4. The van der Waals surface area contributed by atoms with E-state index in [0.29, 0.717) is 44.7 Å². The number of carbonyl (C=O) groups excluding carboxylic acids is 1. The van der Waals surface area contributed by atoms with E-state index in [1.54, 1.807) is 28.8 Å². The van der Waals surface area contributed by atoms with E-state index in [0.717, 1.165) is 6.42 Å². The minimum atomic E-state index is -0.205. The van der Waals surface area contributed by atoms with Crippen LogP contribution >= 0.6 is 11.8 Å². The van der Waals surface area contributed by atoms with E-state index in [9.17, 15) is 9.59 Å². The maximum atomic E-state index is 13.4. The van der Waals surface area contributed by atoms with Crippen molar-refractivity contribution in [3.8, 4) is 17.2 Å². The molecule has 0 aliphatic carbocycles. The zero-order chi connectivity index (χ0) is 24.6. The van der Waals surface area contributed by atoms with E-state index < -0.39 is 0 Å². The Kier molecular flexibility index (Phi) is 5.57. The lowest BCUT2D eigenvalue weighted by molar-refractivity contribution is -0.113. The summed E-state index contributed by atoms with van der Waals surface area (Å²) >= 11 is 1.25. The number of nitrogens with one attached hydrogen (secondary N) is 1. The molecule has 0 saturated carbocycles. The predicted molar refractivity (Wildman–Crippen MR) is 137 cm³/mol. The highest BCUT2D eigenvalue weighted by Gasteiger charge is 2.19. The van der Waals surface area contributed by atoms with Crippen LogP contribution in [0.3, 0.4) is 0 Å². The van der Waals surface area contributed by atoms with Crippen LogP contribution in [-0.4, -0.2) is 37.6 Å². The number of hydrogen-bond acceptors (Lipinski definition) is 7. The number of ether oxygens (including phenoxy) is 2. The normalized spacial score (nSPS) is 12.4. The van der Waals surface area contributed by atoms with Crippen LogP contribution in [0.15, 0.2) is 76.7 Å². The second-order valence-corrected chi connectivity index (χ2v) is 9.14. The summed E-state index contributed by atoms with van der Waals surface area (Å²) in [6, 6.07) is 20.4. The van der Waals surface area contributed by atoms with Crippen LogP contribution in [0.5, 0.6) is 11.5 Å². The molecule has 0 radical (unpaired) electrons. The topological polar surface area (TPSA) is 99.8 Å². The van der Waals surface area contributed by atoms with Gasteiger partial charge in [-0.25, -0.2) is 4.57 Å². The van der Waals surface area contributed by atoms with Crippen LogP contribution in [0.25, 0.3) is 22.4 Å². The first-order valence-corrected chi connectivity index (χ1v) is 12.4. The third kappa shape index (κ3) is 3.85. The molecule has 2 aromatic heterocycles. The highest BCUT2D eigenvalue weighted by molar-refractivity contribution is 7.99. The molecule has 0 saturated heterocycles. The number of benzene rings is 3. The molecule has 1 aliphatic rings. The fourth-order valence-corrected chi connectivity index (χ4v) is 4.93. The number of nitrogens with zero attached hydrogens (tertiary/aromatic N) is 4. The lowest BCUT2D eigenvalue weighted by atomic mass is 10.1. The van der Waals surface area contributed by atoms with Gasteiger partial charge in [-0.3, -0.25) is 14.0 Å². The van der Waals surface area contributed by atoms with E-state index in [1.165, 1.54) is 17.3 Å². The van der Waals surface area contributed by atoms with E-state index in [1.807, 2.05) is 46.9 Å². The molecular formula is C26H21N5O4S. The van der Waals surface area contributed by atoms with Gasteiger partial charge in [0.15, 0.2) is 16.7 Å². The van der Waals surface area contributed by atoms with Gasteiger partial charge >= 0.3 is 0 Å².